The molecule has 0 unspecified atom stereocenters. The molecule has 0 saturated heterocycles. The Kier molecular flexibility index (Phi) is 7.68. The van der Waals surface area contributed by atoms with Crippen LogP contribution in [0.15, 0.2) is 65.6 Å². The number of carbonyl (C=O) groups is 2. The lowest BCUT2D eigenvalue weighted by Crippen LogP contribution is -2.09. The Labute approximate surface area is 192 Å². The summed E-state index contributed by atoms with van der Waals surface area (Å²) in [7, 11) is -4.06. The minimum absolute atomic E-state index is 0.00571. The number of benzene rings is 3. The third-order valence-electron chi connectivity index (χ3n) is 4.51. The van der Waals surface area contributed by atoms with Gasteiger partial charge in [0.15, 0.2) is 23.0 Å². The summed E-state index contributed by atoms with van der Waals surface area (Å²) in [4.78, 5) is 22.2. The SMILES string of the molecule is COc1cc(C=O)ccc1OP(Oc1ccc(C=O)cc1OC)S(=O)(=O)c1ccc(C)cc1. The molecule has 3 rings (SSSR count). The van der Waals surface area contributed by atoms with Crippen molar-refractivity contribution >= 4 is 29.6 Å². The first-order chi connectivity index (χ1) is 15.8. The Balaban J connectivity index is 2.08. The highest BCUT2D eigenvalue weighted by molar-refractivity contribution is 8.47. The molecule has 8 nitrogen and oxygen atoms in total. The van der Waals surface area contributed by atoms with Gasteiger partial charge in [0.1, 0.15) is 12.6 Å². The standard InChI is InChI=1S/C23H21O8PS/c1-16-4-8-19(9-5-16)33(26,27)32(30-20-10-6-17(14-24)12-22(20)28-2)31-21-11-7-18(15-25)13-23(21)29-3/h4-15H,1-3H3. The molecule has 0 aliphatic heterocycles. The van der Waals surface area contributed by atoms with Gasteiger partial charge in [-0.25, -0.2) is 8.42 Å². The van der Waals surface area contributed by atoms with Crippen molar-refractivity contribution < 1.29 is 36.5 Å². The number of carbonyl (C=O) groups excluding carboxylic acids is 2. The topological polar surface area (TPSA) is 105 Å². The van der Waals surface area contributed by atoms with Gasteiger partial charge in [0.2, 0.25) is 0 Å². The molecule has 0 amide bonds. The van der Waals surface area contributed by atoms with Crippen molar-refractivity contribution in [1.82, 2.24) is 0 Å². The monoisotopic (exact) mass is 488 g/mol. The lowest BCUT2D eigenvalue weighted by Gasteiger charge is -2.21. The Hall–Kier alpha value is -3.42. The fourth-order valence-corrected chi connectivity index (χ4v) is 6.20. The van der Waals surface area contributed by atoms with Crippen molar-refractivity contribution in [3.63, 3.8) is 0 Å². The Bertz CT molecular complexity index is 1190. The second-order valence-corrected chi connectivity index (χ2v) is 11.3. The van der Waals surface area contributed by atoms with Crippen molar-refractivity contribution in [3.05, 3.63) is 77.4 Å². The summed E-state index contributed by atoms with van der Waals surface area (Å²) < 4.78 is 49.2. The van der Waals surface area contributed by atoms with E-state index in [1.165, 1.54) is 62.8 Å². The zero-order chi connectivity index (χ0) is 24.0. The molecule has 0 saturated carbocycles. The highest BCUT2D eigenvalue weighted by Gasteiger charge is 2.36. The van der Waals surface area contributed by atoms with Crippen LogP contribution in [0.5, 0.6) is 23.0 Å². The van der Waals surface area contributed by atoms with Crippen LogP contribution in [-0.4, -0.2) is 35.2 Å². The lowest BCUT2D eigenvalue weighted by molar-refractivity contribution is 0.111. The summed E-state index contributed by atoms with van der Waals surface area (Å²) in [5, 5.41) is 0. The molecule has 0 radical (unpaired) electrons. The normalized spacial score (nSPS) is 11.0. The van der Waals surface area contributed by atoms with Gasteiger partial charge in [-0.3, -0.25) is 9.59 Å². The molecule has 33 heavy (non-hydrogen) atoms. The van der Waals surface area contributed by atoms with Gasteiger partial charge in [0.05, 0.1) is 19.1 Å². The van der Waals surface area contributed by atoms with Crippen LogP contribution in [-0.2, 0) is 9.46 Å². The van der Waals surface area contributed by atoms with E-state index in [9.17, 15) is 18.0 Å². The Morgan fingerprint density at radius 2 is 1.15 bits per heavy atom. The second kappa shape index (κ2) is 10.5. The van der Waals surface area contributed by atoms with Crippen LogP contribution in [0.1, 0.15) is 26.3 Å². The average molecular weight is 488 g/mol. The van der Waals surface area contributed by atoms with Crippen LogP contribution in [0.2, 0.25) is 0 Å². The van der Waals surface area contributed by atoms with Crippen molar-refractivity contribution in [2.45, 2.75) is 11.8 Å². The quantitative estimate of drug-likeness (QED) is 0.296. The Morgan fingerprint density at radius 1 is 0.697 bits per heavy atom. The van der Waals surface area contributed by atoms with E-state index >= 15 is 0 Å². The zero-order valence-electron chi connectivity index (χ0n) is 18.0. The van der Waals surface area contributed by atoms with E-state index in [1.54, 1.807) is 12.1 Å². The minimum atomic E-state index is -4.13. The first kappa shape index (κ1) is 24.2. The number of hydrogen-bond donors (Lipinski definition) is 0. The molecular weight excluding hydrogens is 467 g/mol. The number of methoxy groups -OCH3 is 2. The summed E-state index contributed by atoms with van der Waals surface area (Å²) in [6, 6.07) is 14.9. The number of aldehydes is 2. The van der Waals surface area contributed by atoms with E-state index in [0.29, 0.717) is 23.7 Å². The van der Waals surface area contributed by atoms with Gasteiger partial charge in [0.25, 0.3) is 9.46 Å². The molecule has 0 spiro atoms. The molecule has 0 atom stereocenters. The summed E-state index contributed by atoms with van der Waals surface area (Å²) in [5.41, 5.74) is 1.55. The summed E-state index contributed by atoms with van der Waals surface area (Å²) in [5.74, 6) is 0.484. The molecule has 3 aromatic carbocycles. The second-order valence-electron chi connectivity index (χ2n) is 6.75. The molecule has 0 bridgehead atoms. The number of aryl methyl sites for hydroxylation is 1. The van der Waals surface area contributed by atoms with E-state index in [4.69, 9.17) is 18.5 Å². The molecule has 0 heterocycles. The molecule has 0 aromatic heterocycles. The van der Waals surface area contributed by atoms with Gasteiger partial charge < -0.3 is 18.5 Å². The lowest BCUT2D eigenvalue weighted by atomic mass is 10.2. The van der Waals surface area contributed by atoms with E-state index in [-0.39, 0.29) is 27.9 Å². The van der Waals surface area contributed by atoms with Crippen LogP contribution >= 0.6 is 7.58 Å². The average Bonchev–Trinajstić information content (AvgIpc) is 2.84. The van der Waals surface area contributed by atoms with Gasteiger partial charge >= 0.3 is 7.58 Å². The van der Waals surface area contributed by atoms with Gasteiger partial charge in [0, 0.05) is 11.1 Å². The van der Waals surface area contributed by atoms with Crippen LogP contribution < -0.4 is 18.5 Å². The predicted octanol–water partition coefficient (Wildman–Crippen LogP) is 4.80. The third kappa shape index (κ3) is 5.50. The highest BCUT2D eigenvalue weighted by atomic mass is 32.8. The van der Waals surface area contributed by atoms with Gasteiger partial charge in [-0.05, 0) is 55.5 Å². The van der Waals surface area contributed by atoms with Gasteiger partial charge in [-0.1, -0.05) is 17.7 Å². The third-order valence-corrected chi connectivity index (χ3v) is 8.72. The summed E-state index contributed by atoms with van der Waals surface area (Å²) in [6.45, 7) is 1.84. The van der Waals surface area contributed by atoms with Crippen molar-refractivity contribution in [1.29, 1.82) is 0 Å². The first-order valence-corrected chi connectivity index (χ1v) is 12.8. The minimum Gasteiger partial charge on any atom is -0.493 e. The molecule has 0 fully saturated rings. The summed E-state index contributed by atoms with van der Waals surface area (Å²) >= 11 is 0. The number of hydrogen-bond acceptors (Lipinski definition) is 8. The van der Waals surface area contributed by atoms with E-state index in [2.05, 4.69) is 0 Å². The molecular formula is C23H21O8PS. The van der Waals surface area contributed by atoms with Crippen LogP contribution in [0.4, 0.5) is 0 Å². The maximum absolute atomic E-state index is 13.5. The van der Waals surface area contributed by atoms with Gasteiger partial charge in [-0.15, -0.1) is 0 Å². The van der Waals surface area contributed by atoms with E-state index in [1.807, 2.05) is 6.92 Å². The van der Waals surface area contributed by atoms with E-state index < -0.39 is 17.0 Å². The molecule has 10 heteroatoms. The van der Waals surface area contributed by atoms with Crippen molar-refractivity contribution in [2.75, 3.05) is 14.2 Å². The van der Waals surface area contributed by atoms with Crippen LogP contribution in [0, 0.1) is 6.92 Å². The van der Waals surface area contributed by atoms with Gasteiger partial charge in [-0.2, -0.15) is 0 Å². The number of ether oxygens (including phenoxy) is 2. The fraction of sp³-hybridized carbons (Fsp3) is 0.130. The Morgan fingerprint density at radius 3 is 1.55 bits per heavy atom. The molecule has 0 aliphatic rings. The molecule has 0 aliphatic carbocycles. The predicted molar refractivity (Wildman–Crippen MR) is 123 cm³/mol. The van der Waals surface area contributed by atoms with Crippen molar-refractivity contribution in [3.8, 4) is 23.0 Å². The maximum atomic E-state index is 13.5. The smallest absolute Gasteiger partial charge is 0.427 e. The number of rotatable bonds is 10. The largest absolute Gasteiger partial charge is 0.493 e. The maximum Gasteiger partial charge on any atom is 0.427 e. The molecule has 172 valence electrons. The molecule has 0 N–H and O–H groups in total. The zero-order valence-corrected chi connectivity index (χ0v) is 19.8. The van der Waals surface area contributed by atoms with Crippen molar-refractivity contribution in [2.24, 2.45) is 0 Å². The summed E-state index contributed by atoms with van der Waals surface area (Å²) in [6.07, 6.45) is 1.27. The highest BCUT2D eigenvalue weighted by Crippen LogP contribution is 2.52. The molecule has 3 aromatic rings. The first-order valence-electron chi connectivity index (χ1n) is 9.56. The fourth-order valence-electron chi connectivity index (χ4n) is 2.74. The van der Waals surface area contributed by atoms with E-state index in [0.717, 1.165) is 5.56 Å². The van der Waals surface area contributed by atoms with Crippen LogP contribution in [0.3, 0.4) is 0 Å². The van der Waals surface area contributed by atoms with Crippen LogP contribution in [0.25, 0.3) is 0 Å².